The van der Waals surface area contributed by atoms with Gasteiger partial charge in [0.05, 0.1) is 0 Å². The van der Waals surface area contributed by atoms with E-state index in [-0.39, 0.29) is 31.1 Å². The van der Waals surface area contributed by atoms with Crippen molar-refractivity contribution >= 4 is 17.9 Å². The third kappa shape index (κ3) is 52.7. The van der Waals surface area contributed by atoms with Gasteiger partial charge in [-0.25, -0.2) is 0 Å². The van der Waals surface area contributed by atoms with Crippen molar-refractivity contribution in [3.8, 4) is 0 Å². The summed E-state index contributed by atoms with van der Waals surface area (Å²) in [7, 11) is 0. The molecule has 0 saturated carbocycles. The van der Waals surface area contributed by atoms with E-state index in [1.54, 1.807) is 0 Å². The molecule has 0 spiro atoms. The van der Waals surface area contributed by atoms with Crippen LogP contribution in [0.1, 0.15) is 316 Å². The molecule has 65 heavy (non-hydrogen) atoms. The van der Waals surface area contributed by atoms with Crippen LogP contribution in [0.25, 0.3) is 0 Å². The van der Waals surface area contributed by atoms with Gasteiger partial charge in [-0.15, -0.1) is 0 Å². The van der Waals surface area contributed by atoms with Gasteiger partial charge in [0.1, 0.15) is 13.2 Å². The van der Waals surface area contributed by atoms with Crippen LogP contribution in [0.2, 0.25) is 0 Å². The van der Waals surface area contributed by atoms with Crippen LogP contribution < -0.4 is 0 Å². The van der Waals surface area contributed by atoms with Crippen molar-refractivity contribution in [1.29, 1.82) is 0 Å². The fourth-order valence-corrected chi connectivity index (χ4v) is 8.60. The first-order valence-electron chi connectivity index (χ1n) is 28.8. The van der Waals surface area contributed by atoms with Crippen LogP contribution >= 0.6 is 0 Å². The van der Waals surface area contributed by atoms with Gasteiger partial charge in [0.2, 0.25) is 0 Å². The number of esters is 3. The van der Waals surface area contributed by atoms with Crippen molar-refractivity contribution in [2.75, 3.05) is 13.2 Å². The van der Waals surface area contributed by atoms with Crippen LogP contribution in [-0.4, -0.2) is 37.2 Å². The largest absolute Gasteiger partial charge is 0.462 e. The summed E-state index contributed by atoms with van der Waals surface area (Å²) in [6.45, 7) is 6.59. The first kappa shape index (κ1) is 62.9. The van der Waals surface area contributed by atoms with Crippen LogP contribution in [0.3, 0.4) is 0 Å². The van der Waals surface area contributed by atoms with Crippen LogP contribution in [0.5, 0.6) is 0 Å². The number of ether oxygens (including phenoxy) is 3. The molecule has 0 aliphatic rings. The zero-order valence-electron chi connectivity index (χ0n) is 43.8. The quantitative estimate of drug-likeness (QED) is 0.0262. The Balaban J connectivity index is 4.16. The predicted octanol–water partition coefficient (Wildman–Crippen LogP) is 19.1. The molecule has 1 atom stereocenters. The minimum absolute atomic E-state index is 0.0720. The molecule has 0 amide bonds. The summed E-state index contributed by atoms with van der Waals surface area (Å²) in [6.07, 6.45) is 63.3. The SMILES string of the molecule is CCC/C=C\C/C=C\CCCCCCCC(=O)OC(COC(=O)CCCCCCCCCCCC)COC(=O)CCCCCCCCCCCCCCCCCCCCCCCCCC. The predicted molar refractivity (Wildman–Crippen MR) is 279 cm³/mol. The molecule has 382 valence electrons. The van der Waals surface area contributed by atoms with Crippen molar-refractivity contribution in [2.24, 2.45) is 0 Å². The summed E-state index contributed by atoms with van der Waals surface area (Å²) >= 11 is 0. The Labute approximate surface area is 404 Å². The second-order valence-electron chi connectivity index (χ2n) is 19.6. The maximum Gasteiger partial charge on any atom is 0.306 e. The molecule has 0 heterocycles. The highest BCUT2D eigenvalue weighted by Crippen LogP contribution is 2.17. The summed E-state index contributed by atoms with van der Waals surface area (Å²) in [5.74, 6) is -0.870. The van der Waals surface area contributed by atoms with E-state index >= 15 is 0 Å². The zero-order chi connectivity index (χ0) is 47.2. The standard InChI is InChI=1S/C59H110O6/c1-4-7-10-13-16-19-22-24-25-26-27-28-29-30-31-32-33-34-36-37-40-43-46-49-52-58(61)64-55-56(54-63-57(60)51-48-45-42-39-21-18-15-12-9-6-3)65-59(62)53-50-47-44-41-38-35-23-20-17-14-11-8-5-2/h11,14,20,23,56H,4-10,12-13,15-19,21-22,24-55H2,1-3H3/b14-11-,23-20-. The zero-order valence-corrected chi connectivity index (χ0v) is 43.8. The molecule has 0 fully saturated rings. The van der Waals surface area contributed by atoms with Gasteiger partial charge in [0, 0.05) is 19.3 Å². The first-order chi connectivity index (χ1) is 32.0. The molecule has 6 heteroatoms. The van der Waals surface area contributed by atoms with Gasteiger partial charge in [-0.3, -0.25) is 14.4 Å². The highest BCUT2D eigenvalue weighted by atomic mass is 16.6. The van der Waals surface area contributed by atoms with Crippen molar-refractivity contribution in [3.05, 3.63) is 24.3 Å². The average Bonchev–Trinajstić information content (AvgIpc) is 3.30. The molecule has 0 rings (SSSR count). The highest BCUT2D eigenvalue weighted by molar-refractivity contribution is 5.71. The molecule has 0 aromatic heterocycles. The van der Waals surface area contributed by atoms with Gasteiger partial charge >= 0.3 is 17.9 Å². The number of hydrogen-bond acceptors (Lipinski definition) is 6. The molecular weight excluding hydrogens is 805 g/mol. The molecular formula is C59H110O6. The van der Waals surface area contributed by atoms with E-state index in [0.717, 1.165) is 89.9 Å². The summed E-state index contributed by atoms with van der Waals surface area (Å²) in [5.41, 5.74) is 0. The maximum absolute atomic E-state index is 12.8. The van der Waals surface area contributed by atoms with Crippen molar-refractivity contribution in [2.45, 2.75) is 322 Å². The number of carbonyl (C=O) groups excluding carboxylic acids is 3. The minimum atomic E-state index is -0.772. The number of hydrogen-bond donors (Lipinski definition) is 0. The van der Waals surface area contributed by atoms with Gasteiger partial charge in [0.25, 0.3) is 0 Å². The second kappa shape index (κ2) is 54.5. The lowest BCUT2D eigenvalue weighted by Crippen LogP contribution is -2.30. The highest BCUT2D eigenvalue weighted by Gasteiger charge is 2.19. The first-order valence-corrected chi connectivity index (χ1v) is 28.8. The van der Waals surface area contributed by atoms with E-state index < -0.39 is 6.10 Å². The molecule has 0 radical (unpaired) electrons. The molecule has 0 N–H and O–H groups in total. The maximum atomic E-state index is 12.8. The number of allylic oxidation sites excluding steroid dienone is 4. The van der Waals surface area contributed by atoms with Gasteiger partial charge in [-0.05, 0) is 44.9 Å². The summed E-state index contributed by atoms with van der Waals surface area (Å²) in [4.78, 5) is 38.0. The Kier molecular flexibility index (Phi) is 52.7. The Morgan fingerprint density at radius 3 is 0.908 bits per heavy atom. The summed E-state index contributed by atoms with van der Waals surface area (Å²) < 4.78 is 16.8. The van der Waals surface area contributed by atoms with Crippen molar-refractivity contribution in [3.63, 3.8) is 0 Å². The van der Waals surface area contributed by atoms with Crippen molar-refractivity contribution in [1.82, 2.24) is 0 Å². The smallest absolute Gasteiger partial charge is 0.306 e. The fourth-order valence-electron chi connectivity index (χ4n) is 8.60. The van der Waals surface area contributed by atoms with E-state index in [9.17, 15) is 14.4 Å². The van der Waals surface area contributed by atoms with Crippen LogP contribution in [0.15, 0.2) is 24.3 Å². The molecule has 1 unspecified atom stereocenters. The summed E-state index contributed by atoms with van der Waals surface area (Å²) in [5, 5.41) is 0. The van der Waals surface area contributed by atoms with E-state index in [1.807, 2.05) is 0 Å². The molecule has 0 bridgehead atoms. The Hall–Kier alpha value is -2.11. The molecule has 0 aromatic carbocycles. The van der Waals surface area contributed by atoms with Gasteiger partial charge in [-0.1, -0.05) is 276 Å². The van der Waals surface area contributed by atoms with E-state index in [0.29, 0.717) is 19.3 Å². The monoisotopic (exact) mass is 915 g/mol. The van der Waals surface area contributed by atoms with E-state index in [2.05, 4.69) is 45.1 Å². The summed E-state index contributed by atoms with van der Waals surface area (Å²) in [6, 6.07) is 0. The lowest BCUT2D eigenvalue weighted by atomic mass is 10.0. The number of unbranched alkanes of at least 4 members (excludes halogenated alkanes) is 38. The molecule has 0 aliphatic carbocycles. The molecule has 0 aromatic rings. The normalized spacial score (nSPS) is 12.1. The Morgan fingerprint density at radius 1 is 0.308 bits per heavy atom. The van der Waals surface area contributed by atoms with Gasteiger partial charge in [0.15, 0.2) is 6.10 Å². The van der Waals surface area contributed by atoms with Crippen LogP contribution in [0.4, 0.5) is 0 Å². The minimum Gasteiger partial charge on any atom is -0.462 e. The van der Waals surface area contributed by atoms with Crippen molar-refractivity contribution < 1.29 is 28.6 Å². The Morgan fingerprint density at radius 2 is 0.585 bits per heavy atom. The number of carbonyl (C=O) groups is 3. The average molecular weight is 916 g/mol. The third-order valence-electron chi connectivity index (χ3n) is 12.9. The van der Waals surface area contributed by atoms with E-state index in [4.69, 9.17) is 14.2 Å². The number of rotatable bonds is 53. The van der Waals surface area contributed by atoms with E-state index in [1.165, 1.54) is 186 Å². The van der Waals surface area contributed by atoms with Gasteiger partial charge in [-0.2, -0.15) is 0 Å². The topological polar surface area (TPSA) is 78.9 Å². The third-order valence-corrected chi connectivity index (χ3v) is 12.9. The Bertz CT molecular complexity index is 1050. The molecule has 0 saturated heterocycles. The lowest BCUT2D eigenvalue weighted by Gasteiger charge is -2.18. The van der Waals surface area contributed by atoms with Crippen LogP contribution in [0, 0.1) is 0 Å². The van der Waals surface area contributed by atoms with Crippen LogP contribution in [-0.2, 0) is 28.6 Å². The fraction of sp³-hybridized carbons (Fsp3) is 0.881. The second-order valence-corrected chi connectivity index (χ2v) is 19.6. The van der Waals surface area contributed by atoms with Gasteiger partial charge < -0.3 is 14.2 Å². The molecule has 0 aliphatic heterocycles. The lowest BCUT2D eigenvalue weighted by molar-refractivity contribution is -0.167. The molecule has 6 nitrogen and oxygen atoms in total.